The fourth-order valence-corrected chi connectivity index (χ4v) is 3.76. The second-order valence-electron chi connectivity index (χ2n) is 5.93. The van der Waals surface area contributed by atoms with Crippen LogP contribution in [0.25, 0.3) is 0 Å². The first-order chi connectivity index (χ1) is 9.11. The summed E-state index contributed by atoms with van der Waals surface area (Å²) in [4.78, 5) is 2.46. The molecule has 3 rings (SSSR count). The van der Waals surface area contributed by atoms with Crippen LogP contribution in [-0.4, -0.2) is 30.1 Å². The van der Waals surface area contributed by atoms with E-state index in [1.165, 1.54) is 31.2 Å². The maximum atomic E-state index is 6.08. The molecule has 0 amide bonds. The van der Waals surface area contributed by atoms with Crippen LogP contribution in [0.1, 0.15) is 31.2 Å². The Balaban J connectivity index is 0.00000147. The molecule has 2 saturated heterocycles. The standard InChI is InChI=1S/C15H20Cl2N2.ClH/c1-19(9-10-2-5-14(16)15(17)6-10)13-7-11-3-4-12(8-13)18-11;/h2,5-6,11-13,18H,3-4,7-9H2,1H3;1H. The van der Waals surface area contributed by atoms with Crippen molar-refractivity contribution >= 4 is 35.6 Å². The smallest absolute Gasteiger partial charge is 0.0595 e. The van der Waals surface area contributed by atoms with Gasteiger partial charge in [0.15, 0.2) is 0 Å². The topological polar surface area (TPSA) is 15.3 Å². The summed E-state index contributed by atoms with van der Waals surface area (Å²) in [5, 5.41) is 4.97. The largest absolute Gasteiger partial charge is 0.311 e. The van der Waals surface area contributed by atoms with E-state index in [-0.39, 0.29) is 12.4 Å². The van der Waals surface area contributed by atoms with E-state index >= 15 is 0 Å². The molecule has 0 aromatic heterocycles. The quantitative estimate of drug-likeness (QED) is 0.893. The SMILES string of the molecule is CN(Cc1ccc(Cl)c(Cl)c1)C1CC2CCC(C1)N2.Cl. The molecule has 2 aliphatic heterocycles. The fourth-order valence-electron chi connectivity index (χ4n) is 3.44. The molecular weight excluding hydrogens is 315 g/mol. The van der Waals surface area contributed by atoms with Gasteiger partial charge in [0.1, 0.15) is 0 Å². The number of benzene rings is 1. The number of piperidine rings is 1. The first-order valence-corrected chi connectivity index (χ1v) is 7.77. The zero-order valence-corrected chi connectivity index (χ0v) is 13.9. The summed E-state index contributed by atoms with van der Waals surface area (Å²) >= 11 is 12.0. The highest BCUT2D eigenvalue weighted by molar-refractivity contribution is 6.42. The van der Waals surface area contributed by atoms with E-state index in [9.17, 15) is 0 Å². The van der Waals surface area contributed by atoms with Gasteiger partial charge in [0.2, 0.25) is 0 Å². The first kappa shape index (κ1) is 16.4. The van der Waals surface area contributed by atoms with Crippen molar-refractivity contribution in [2.24, 2.45) is 0 Å². The van der Waals surface area contributed by atoms with Gasteiger partial charge in [-0.15, -0.1) is 12.4 Å². The zero-order chi connectivity index (χ0) is 13.4. The normalized spacial score (nSPS) is 28.5. The molecule has 2 unspecified atom stereocenters. The molecule has 2 aliphatic rings. The lowest BCUT2D eigenvalue weighted by molar-refractivity contribution is 0.166. The van der Waals surface area contributed by atoms with Crippen molar-refractivity contribution in [1.82, 2.24) is 10.2 Å². The molecular formula is C15H21Cl3N2. The lowest BCUT2D eigenvalue weighted by atomic mass is 9.98. The Hall–Kier alpha value is 0.01000. The van der Waals surface area contributed by atoms with Crippen LogP contribution in [0.4, 0.5) is 0 Å². The third-order valence-corrected chi connectivity index (χ3v) is 5.23. The van der Waals surface area contributed by atoms with E-state index in [0.29, 0.717) is 16.1 Å². The molecule has 0 radical (unpaired) electrons. The van der Waals surface area contributed by atoms with Crippen molar-refractivity contribution in [3.05, 3.63) is 33.8 Å². The van der Waals surface area contributed by atoms with Gasteiger partial charge in [-0.3, -0.25) is 4.90 Å². The predicted octanol–water partition coefficient (Wildman–Crippen LogP) is 4.13. The van der Waals surface area contributed by atoms with E-state index < -0.39 is 0 Å². The van der Waals surface area contributed by atoms with E-state index in [1.54, 1.807) is 0 Å². The van der Waals surface area contributed by atoms with Gasteiger partial charge in [0.25, 0.3) is 0 Å². The molecule has 0 spiro atoms. The highest BCUT2D eigenvalue weighted by Crippen LogP contribution is 2.30. The van der Waals surface area contributed by atoms with Crippen molar-refractivity contribution in [1.29, 1.82) is 0 Å². The van der Waals surface area contributed by atoms with Gasteiger partial charge in [-0.05, 0) is 50.4 Å². The third-order valence-electron chi connectivity index (χ3n) is 4.49. The predicted molar refractivity (Wildman–Crippen MR) is 88.1 cm³/mol. The molecule has 0 saturated carbocycles. The van der Waals surface area contributed by atoms with Gasteiger partial charge >= 0.3 is 0 Å². The number of hydrogen-bond donors (Lipinski definition) is 1. The van der Waals surface area contributed by atoms with Crippen molar-refractivity contribution in [3.63, 3.8) is 0 Å². The highest BCUT2D eigenvalue weighted by Gasteiger charge is 2.34. The molecule has 20 heavy (non-hydrogen) atoms. The number of nitrogens with zero attached hydrogens (tertiary/aromatic N) is 1. The van der Waals surface area contributed by atoms with Crippen molar-refractivity contribution in [3.8, 4) is 0 Å². The average Bonchev–Trinajstić information content (AvgIpc) is 2.72. The maximum Gasteiger partial charge on any atom is 0.0595 e. The van der Waals surface area contributed by atoms with Crippen molar-refractivity contribution in [2.45, 2.75) is 50.4 Å². The fraction of sp³-hybridized carbons (Fsp3) is 0.600. The number of nitrogens with one attached hydrogen (secondary N) is 1. The van der Waals surface area contributed by atoms with Crippen LogP contribution >= 0.6 is 35.6 Å². The molecule has 1 aromatic carbocycles. The van der Waals surface area contributed by atoms with Crippen molar-refractivity contribution < 1.29 is 0 Å². The molecule has 1 N–H and O–H groups in total. The molecule has 2 atom stereocenters. The number of rotatable bonds is 3. The van der Waals surface area contributed by atoms with Crippen LogP contribution in [0.2, 0.25) is 10.0 Å². The second-order valence-corrected chi connectivity index (χ2v) is 6.74. The summed E-state index contributed by atoms with van der Waals surface area (Å²) in [5.41, 5.74) is 1.24. The first-order valence-electron chi connectivity index (χ1n) is 7.02. The maximum absolute atomic E-state index is 6.08. The Kier molecular flexibility index (Phi) is 5.61. The summed E-state index contributed by atoms with van der Waals surface area (Å²) in [5.74, 6) is 0. The van der Waals surface area contributed by atoms with Crippen LogP contribution in [0.15, 0.2) is 18.2 Å². The summed E-state index contributed by atoms with van der Waals surface area (Å²) < 4.78 is 0. The molecule has 5 heteroatoms. The Labute approximate surface area is 137 Å². The number of halogens is 3. The second kappa shape index (κ2) is 6.85. The van der Waals surface area contributed by atoms with E-state index in [4.69, 9.17) is 23.2 Å². The zero-order valence-electron chi connectivity index (χ0n) is 11.6. The highest BCUT2D eigenvalue weighted by atomic mass is 35.5. The molecule has 1 aromatic rings. The molecule has 2 bridgehead atoms. The Morgan fingerprint density at radius 2 is 1.80 bits per heavy atom. The van der Waals surface area contributed by atoms with Gasteiger partial charge in [0, 0.05) is 24.7 Å². The monoisotopic (exact) mass is 334 g/mol. The minimum absolute atomic E-state index is 0. The van der Waals surface area contributed by atoms with E-state index in [2.05, 4.69) is 23.3 Å². The minimum Gasteiger partial charge on any atom is -0.311 e. The van der Waals surface area contributed by atoms with Gasteiger partial charge in [-0.25, -0.2) is 0 Å². The third kappa shape index (κ3) is 3.61. The van der Waals surface area contributed by atoms with Gasteiger partial charge in [-0.2, -0.15) is 0 Å². The lowest BCUT2D eigenvalue weighted by Gasteiger charge is -2.35. The summed E-state index contributed by atoms with van der Waals surface area (Å²) in [6.07, 6.45) is 5.24. The van der Waals surface area contributed by atoms with E-state index in [0.717, 1.165) is 18.6 Å². The van der Waals surface area contributed by atoms with Crippen LogP contribution in [-0.2, 0) is 6.54 Å². The van der Waals surface area contributed by atoms with Gasteiger partial charge in [-0.1, -0.05) is 29.3 Å². The summed E-state index contributed by atoms with van der Waals surface area (Å²) in [6, 6.07) is 8.10. The van der Waals surface area contributed by atoms with Crippen LogP contribution < -0.4 is 5.32 Å². The summed E-state index contributed by atoms with van der Waals surface area (Å²) in [7, 11) is 2.22. The average molecular weight is 336 g/mol. The minimum atomic E-state index is 0. The number of hydrogen-bond acceptors (Lipinski definition) is 2. The van der Waals surface area contributed by atoms with Crippen LogP contribution in [0.3, 0.4) is 0 Å². The Bertz CT molecular complexity index is 454. The molecule has 0 aliphatic carbocycles. The van der Waals surface area contributed by atoms with Gasteiger partial charge < -0.3 is 5.32 Å². The van der Waals surface area contributed by atoms with Crippen molar-refractivity contribution in [2.75, 3.05) is 7.05 Å². The molecule has 2 heterocycles. The Morgan fingerprint density at radius 1 is 1.15 bits per heavy atom. The molecule has 2 fully saturated rings. The van der Waals surface area contributed by atoms with Gasteiger partial charge in [0.05, 0.1) is 10.0 Å². The number of fused-ring (bicyclic) bond motifs is 2. The molecule has 112 valence electrons. The van der Waals surface area contributed by atoms with Crippen LogP contribution in [0, 0.1) is 0 Å². The molecule has 2 nitrogen and oxygen atoms in total. The van der Waals surface area contributed by atoms with Crippen LogP contribution in [0.5, 0.6) is 0 Å². The van der Waals surface area contributed by atoms with E-state index in [1.807, 2.05) is 12.1 Å². The summed E-state index contributed by atoms with van der Waals surface area (Å²) in [6.45, 7) is 0.945. The lowest BCUT2D eigenvalue weighted by Crippen LogP contribution is -2.46. The Morgan fingerprint density at radius 3 is 2.40 bits per heavy atom.